The van der Waals surface area contributed by atoms with E-state index in [4.69, 9.17) is 14.2 Å². The Balaban J connectivity index is 2.24. The van der Waals surface area contributed by atoms with Crippen molar-refractivity contribution in [2.45, 2.75) is 174 Å². The van der Waals surface area contributed by atoms with E-state index in [0.29, 0.717) is 12.8 Å². The molecule has 0 amide bonds. The second-order valence-corrected chi connectivity index (χ2v) is 11.9. The number of carbonyl (C=O) groups is 3. The van der Waals surface area contributed by atoms with E-state index in [9.17, 15) is 14.4 Å². The lowest BCUT2D eigenvalue weighted by atomic mass is 10.1. The zero-order valence-corrected chi connectivity index (χ0v) is 27.5. The molecule has 1 atom stereocenters. The summed E-state index contributed by atoms with van der Waals surface area (Å²) < 4.78 is 17.4. The van der Waals surface area contributed by atoms with Crippen molar-refractivity contribution in [3.05, 3.63) is 18.7 Å². The summed E-state index contributed by atoms with van der Waals surface area (Å²) >= 11 is 0. The molecule has 248 valence electrons. The van der Waals surface area contributed by atoms with E-state index < -0.39 is 12.2 Å². The molecule has 0 radical (unpaired) electrons. The highest BCUT2D eigenvalue weighted by atomic mass is 16.6. The number of rotatable bonds is 29. The topological polar surface area (TPSA) is 96.7 Å². The molecule has 43 heavy (non-hydrogen) atoms. The maximum atomic E-state index is 12.5. The summed E-state index contributed by atoms with van der Waals surface area (Å²) in [4.78, 5) is 40.9. The van der Waals surface area contributed by atoms with E-state index in [1.807, 2.05) is 0 Å². The third-order valence-electron chi connectivity index (χ3n) is 7.81. The lowest BCUT2D eigenvalue weighted by molar-refractivity contribution is -0.161. The van der Waals surface area contributed by atoms with Crippen molar-refractivity contribution in [3.63, 3.8) is 0 Å². The van der Waals surface area contributed by atoms with Crippen molar-refractivity contribution < 1.29 is 28.6 Å². The normalized spacial score (nSPS) is 11.8. The van der Waals surface area contributed by atoms with E-state index in [1.54, 1.807) is 0 Å². The fourth-order valence-corrected chi connectivity index (χ4v) is 5.09. The summed E-state index contributed by atoms with van der Waals surface area (Å²) in [7, 11) is 0. The zero-order chi connectivity index (χ0) is 31.2. The van der Waals surface area contributed by atoms with Gasteiger partial charge in [-0.15, -0.1) is 0 Å². The van der Waals surface area contributed by atoms with Crippen molar-refractivity contribution in [2.75, 3.05) is 13.2 Å². The first-order chi connectivity index (χ1) is 21.1. The Bertz CT molecular complexity index is 798. The highest BCUT2D eigenvalue weighted by Crippen LogP contribution is 2.14. The van der Waals surface area contributed by atoms with Crippen LogP contribution in [0.2, 0.25) is 0 Å². The Hall–Kier alpha value is -2.38. The van der Waals surface area contributed by atoms with Gasteiger partial charge in [0, 0.05) is 25.2 Å². The van der Waals surface area contributed by atoms with Crippen LogP contribution in [0.15, 0.2) is 18.7 Å². The molecule has 0 aliphatic rings. The molecule has 1 aromatic rings. The Labute approximate surface area is 262 Å². The molecule has 0 aromatic carbocycles. The molecule has 0 spiro atoms. The van der Waals surface area contributed by atoms with E-state index in [0.717, 1.165) is 38.5 Å². The predicted octanol–water partition coefficient (Wildman–Crippen LogP) is 9.72. The van der Waals surface area contributed by atoms with Gasteiger partial charge in [0.25, 0.3) is 0 Å². The Morgan fingerprint density at radius 3 is 1.44 bits per heavy atom. The Kier molecular flexibility index (Phi) is 25.5. The van der Waals surface area contributed by atoms with Gasteiger partial charge in [-0.1, -0.05) is 142 Å². The van der Waals surface area contributed by atoms with Gasteiger partial charge < -0.3 is 14.2 Å². The fourth-order valence-electron chi connectivity index (χ4n) is 5.09. The van der Waals surface area contributed by atoms with Crippen LogP contribution >= 0.6 is 0 Å². The first kappa shape index (κ1) is 38.6. The van der Waals surface area contributed by atoms with E-state index in [1.165, 1.54) is 126 Å². The van der Waals surface area contributed by atoms with Crippen LogP contribution in [-0.2, 0) is 23.8 Å². The van der Waals surface area contributed by atoms with Crippen molar-refractivity contribution >= 4 is 18.0 Å². The SMILES string of the molecule is CCCCCCCCCCCCCC(=O)OCC(COC(=O)n1ccnc1)OC(=O)CCCCCCCCCCCCC. The van der Waals surface area contributed by atoms with Gasteiger partial charge in [-0.3, -0.25) is 9.59 Å². The summed E-state index contributed by atoms with van der Waals surface area (Å²) in [6, 6.07) is 0. The molecule has 0 saturated carbocycles. The molecule has 0 saturated heterocycles. The van der Waals surface area contributed by atoms with Crippen molar-refractivity contribution in [2.24, 2.45) is 0 Å². The fraction of sp³-hybridized carbons (Fsp3) is 0.829. The number of carbonyl (C=O) groups excluding carboxylic acids is 3. The molecule has 8 nitrogen and oxygen atoms in total. The van der Waals surface area contributed by atoms with Crippen molar-refractivity contribution in [1.82, 2.24) is 9.55 Å². The lowest BCUT2D eigenvalue weighted by Gasteiger charge is -2.18. The highest BCUT2D eigenvalue weighted by molar-refractivity contribution is 5.71. The quantitative estimate of drug-likeness (QED) is 0.0508. The van der Waals surface area contributed by atoms with Crippen LogP contribution in [0.4, 0.5) is 4.79 Å². The van der Waals surface area contributed by atoms with Crippen molar-refractivity contribution in [1.29, 1.82) is 0 Å². The van der Waals surface area contributed by atoms with Crippen LogP contribution in [0.1, 0.15) is 168 Å². The standard InChI is InChI=1S/C35H62N2O6/c1-3-5-7-9-11-13-15-17-19-21-23-25-33(38)41-29-32(30-42-35(40)37-28-27-36-31-37)43-34(39)26-24-22-20-18-16-14-12-10-8-6-4-2/h27-28,31-32H,3-26,29-30H2,1-2H3. The lowest BCUT2D eigenvalue weighted by Crippen LogP contribution is -2.31. The summed E-state index contributed by atoms with van der Waals surface area (Å²) in [6.45, 7) is 4.17. The minimum atomic E-state index is -0.839. The predicted molar refractivity (Wildman–Crippen MR) is 172 cm³/mol. The second kappa shape index (κ2) is 28.4. The third kappa shape index (κ3) is 23.7. The average Bonchev–Trinajstić information content (AvgIpc) is 3.55. The molecule has 1 unspecified atom stereocenters. The van der Waals surface area contributed by atoms with Crippen LogP contribution < -0.4 is 0 Å². The van der Waals surface area contributed by atoms with Crippen molar-refractivity contribution in [3.8, 4) is 0 Å². The number of hydrogen-bond acceptors (Lipinski definition) is 7. The average molecular weight is 607 g/mol. The first-order valence-electron chi connectivity index (χ1n) is 17.6. The Morgan fingerprint density at radius 1 is 0.581 bits per heavy atom. The number of ether oxygens (including phenoxy) is 3. The molecule has 1 rings (SSSR count). The summed E-state index contributed by atoms with van der Waals surface area (Å²) in [5.41, 5.74) is 0. The molecule has 1 aromatic heterocycles. The molecule has 0 aliphatic heterocycles. The number of aromatic nitrogens is 2. The minimum absolute atomic E-state index is 0.127. The van der Waals surface area contributed by atoms with Crippen LogP contribution in [0.3, 0.4) is 0 Å². The van der Waals surface area contributed by atoms with Gasteiger partial charge in [0.05, 0.1) is 0 Å². The molecular formula is C35H62N2O6. The molecule has 0 N–H and O–H groups in total. The molecular weight excluding hydrogens is 544 g/mol. The molecule has 0 bridgehead atoms. The monoisotopic (exact) mass is 606 g/mol. The molecule has 0 aliphatic carbocycles. The van der Waals surface area contributed by atoms with Gasteiger partial charge in [-0.2, -0.15) is 0 Å². The van der Waals surface area contributed by atoms with Gasteiger partial charge in [0.1, 0.15) is 19.5 Å². The van der Waals surface area contributed by atoms with Gasteiger partial charge in [0.15, 0.2) is 6.10 Å². The van der Waals surface area contributed by atoms with E-state index >= 15 is 0 Å². The summed E-state index contributed by atoms with van der Waals surface area (Å²) in [6.07, 6.45) is 30.1. The number of nitrogens with zero attached hydrogens (tertiary/aromatic N) is 2. The maximum absolute atomic E-state index is 12.5. The van der Waals surface area contributed by atoms with Gasteiger partial charge in [-0.05, 0) is 12.8 Å². The molecule has 8 heteroatoms. The van der Waals surface area contributed by atoms with Gasteiger partial charge in [0.2, 0.25) is 0 Å². The van der Waals surface area contributed by atoms with Crippen LogP contribution in [0, 0.1) is 0 Å². The number of esters is 2. The van der Waals surface area contributed by atoms with Gasteiger partial charge >= 0.3 is 18.0 Å². The number of imidazole rings is 1. The van der Waals surface area contributed by atoms with E-state index in [-0.39, 0.29) is 25.2 Å². The third-order valence-corrected chi connectivity index (χ3v) is 7.81. The molecule has 0 fully saturated rings. The minimum Gasteiger partial charge on any atom is -0.462 e. The van der Waals surface area contributed by atoms with E-state index in [2.05, 4.69) is 18.8 Å². The first-order valence-corrected chi connectivity index (χ1v) is 17.6. The summed E-state index contributed by atoms with van der Waals surface area (Å²) in [5, 5.41) is 0. The number of hydrogen-bond donors (Lipinski definition) is 0. The Morgan fingerprint density at radius 2 is 1.00 bits per heavy atom. The van der Waals surface area contributed by atoms with Crippen LogP contribution in [-0.4, -0.2) is 46.9 Å². The van der Waals surface area contributed by atoms with Crippen LogP contribution in [0.25, 0.3) is 0 Å². The van der Waals surface area contributed by atoms with Gasteiger partial charge in [-0.25, -0.2) is 14.3 Å². The molecule has 1 heterocycles. The smallest absolute Gasteiger partial charge is 0.419 e. The zero-order valence-electron chi connectivity index (χ0n) is 27.5. The second-order valence-electron chi connectivity index (χ2n) is 11.9. The van der Waals surface area contributed by atoms with Crippen LogP contribution in [0.5, 0.6) is 0 Å². The number of unbranched alkanes of at least 4 members (excludes halogenated alkanes) is 20. The largest absolute Gasteiger partial charge is 0.462 e. The summed E-state index contributed by atoms with van der Waals surface area (Å²) in [5.74, 6) is -0.677. The maximum Gasteiger partial charge on any atom is 0.419 e. The highest BCUT2D eigenvalue weighted by Gasteiger charge is 2.20.